The molecule has 0 radical (unpaired) electrons. The third-order valence-electron chi connectivity index (χ3n) is 8.89. The van der Waals surface area contributed by atoms with Crippen LogP contribution in [0.5, 0.6) is 0 Å². The van der Waals surface area contributed by atoms with E-state index in [0.717, 1.165) is 22.7 Å². The first kappa shape index (κ1) is 25.4. The lowest BCUT2D eigenvalue weighted by Gasteiger charge is -2.26. The Bertz CT molecular complexity index is 2490. The summed E-state index contributed by atoms with van der Waals surface area (Å²) in [5.41, 5.74) is 9.27. The number of hydrogen-bond donors (Lipinski definition) is 0. The number of para-hydroxylation sites is 3. The van der Waals surface area contributed by atoms with Gasteiger partial charge >= 0.3 is 0 Å². The predicted octanol–water partition coefficient (Wildman–Crippen LogP) is 11.4. The van der Waals surface area contributed by atoms with Gasteiger partial charge in [0, 0.05) is 50.8 Å². The van der Waals surface area contributed by atoms with Crippen LogP contribution in [-0.4, -0.2) is 9.13 Å². The number of fused-ring (bicyclic) bond motifs is 6. The minimum absolute atomic E-state index is 1.11. The van der Waals surface area contributed by atoms with Gasteiger partial charge < -0.3 is 14.0 Å². The molecule has 0 aliphatic heterocycles. The van der Waals surface area contributed by atoms with Gasteiger partial charge in [0.15, 0.2) is 0 Å². The Morgan fingerprint density at radius 3 is 1.93 bits per heavy atom. The topological polar surface area (TPSA) is 13.1 Å². The number of hydrogen-bond acceptors (Lipinski definition) is 1. The summed E-state index contributed by atoms with van der Waals surface area (Å²) >= 11 is 0. The molecule has 3 nitrogen and oxygen atoms in total. The molecule has 0 saturated heterocycles. The van der Waals surface area contributed by atoms with E-state index < -0.39 is 0 Å². The quantitative estimate of drug-likeness (QED) is 0.199. The molecule has 0 saturated carbocycles. The number of benzene rings is 7. The minimum Gasteiger partial charge on any atom is -0.316 e. The minimum atomic E-state index is 1.11. The second-order valence-electron chi connectivity index (χ2n) is 11.5. The van der Waals surface area contributed by atoms with Gasteiger partial charge in [0.25, 0.3) is 0 Å². The van der Waals surface area contributed by atoms with E-state index in [0.29, 0.717) is 0 Å². The van der Waals surface area contributed by atoms with Crippen molar-refractivity contribution in [3.05, 3.63) is 176 Å². The molecule has 9 rings (SSSR count). The molecule has 0 unspecified atom stereocenters. The molecular formula is C42H29N3. The zero-order valence-electron chi connectivity index (χ0n) is 24.6. The Balaban J connectivity index is 1.23. The Morgan fingerprint density at radius 1 is 0.378 bits per heavy atom. The van der Waals surface area contributed by atoms with Gasteiger partial charge in [0.2, 0.25) is 0 Å². The van der Waals surface area contributed by atoms with Gasteiger partial charge in [0.1, 0.15) is 0 Å². The summed E-state index contributed by atoms with van der Waals surface area (Å²) in [6, 6.07) is 60.9. The molecule has 45 heavy (non-hydrogen) atoms. The van der Waals surface area contributed by atoms with Crippen LogP contribution in [0.25, 0.3) is 54.9 Å². The lowest BCUT2D eigenvalue weighted by atomic mass is 10.1. The van der Waals surface area contributed by atoms with E-state index >= 15 is 0 Å². The fourth-order valence-electron chi connectivity index (χ4n) is 6.87. The third-order valence-corrected chi connectivity index (χ3v) is 8.89. The molecule has 2 heterocycles. The Labute approximate surface area is 261 Å². The van der Waals surface area contributed by atoms with Gasteiger partial charge in [-0.2, -0.15) is 0 Å². The van der Waals surface area contributed by atoms with Crippen molar-refractivity contribution in [2.45, 2.75) is 0 Å². The summed E-state index contributed by atoms with van der Waals surface area (Å²) < 4.78 is 4.72. The van der Waals surface area contributed by atoms with E-state index in [9.17, 15) is 0 Å². The van der Waals surface area contributed by atoms with Crippen LogP contribution in [0, 0.1) is 0 Å². The Kier molecular flexibility index (Phi) is 5.82. The highest BCUT2D eigenvalue weighted by Crippen LogP contribution is 2.39. The number of nitrogens with zero attached hydrogens (tertiary/aromatic N) is 3. The zero-order valence-corrected chi connectivity index (χ0v) is 24.6. The first-order chi connectivity index (χ1) is 22.3. The largest absolute Gasteiger partial charge is 0.316 e. The lowest BCUT2D eigenvalue weighted by Crippen LogP contribution is -2.10. The van der Waals surface area contributed by atoms with E-state index in [4.69, 9.17) is 0 Å². The van der Waals surface area contributed by atoms with Crippen molar-refractivity contribution in [2.24, 2.45) is 0 Å². The molecule has 0 atom stereocenters. The summed E-state index contributed by atoms with van der Waals surface area (Å²) in [6.45, 7) is 0. The van der Waals surface area contributed by atoms with E-state index in [2.05, 4.69) is 190 Å². The number of rotatable bonds is 5. The lowest BCUT2D eigenvalue weighted by molar-refractivity contribution is 1.12. The molecule has 7 aromatic carbocycles. The van der Waals surface area contributed by atoms with Crippen LogP contribution in [0.4, 0.5) is 17.1 Å². The van der Waals surface area contributed by atoms with Crippen molar-refractivity contribution in [3.63, 3.8) is 0 Å². The van der Waals surface area contributed by atoms with Gasteiger partial charge in [-0.15, -0.1) is 0 Å². The average molecular weight is 576 g/mol. The Hall–Kier alpha value is -6.06. The molecule has 2 aromatic heterocycles. The molecule has 0 spiro atoms. The van der Waals surface area contributed by atoms with Crippen molar-refractivity contribution in [2.75, 3.05) is 4.90 Å². The highest BCUT2D eigenvalue weighted by atomic mass is 15.1. The van der Waals surface area contributed by atoms with E-state index in [1.807, 2.05) is 0 Å². The fourth-order valence-corrected chi connectivity index (χ4v) is 6.87. The van der Waals surface area contributed by atoms with Crippen LogP contribution >= 0.6 is 0 Å². The summed E-state index contributed by atoms with van der Waals surface area (Å²) in [5.74, 6) is 0. The third kappa shape index (κ3) is 4.13. The monoisotopic (exact) mass is 575 g/mol. The molecule has 9 aromatic rings. The molecule has 0 aliphatic rings. The summed E-state index contributed by atoms with van der Waals surface area (Å²) in [5, 5.41) is 6.22. The van der Waals surface area contributed by atoms with Gasteiger partial charge in [-0.05, 0) is 83.6 Å². The van der Waals surface area contributed by atoms with Crippen molar-refractivity contribution < 1.29 is 0 Å². The maximum atomic E-state index is 2.41. The molecular weight excluding hydrogens is 546 g/mol. The van der Waals surface area contributed by atoms with E-state index in [-0.39, 0.29) is 0 Å². The van der Waals surface area contributed by atoms with Gasteiger partial charge in [-0.1, -0.05) is 97.1 Å². The van der Waals surface area contributed by atoms with Crippen LogP contribution < -0.4 is 4.90 Å². The molecule has 0 bridgehead atoms. The average Bonchev–Trinajstić information content (AvgIpc) is 3.69. The summed E-state index contributed by atoms with van der Waals surface area (Å²) in [7, 11) is 0. The summed E-state index contributed by atoms with van der Waals surface area (Å²) in [6.07, 6.45) is 2.21. The van der Waals surface area contributed by atoms with Crippen molar-refractivity contribution >= 4 is 60.5 Å². The highest BCUT2D eigenvalue weighted by molar-refractivity contribution is 6.18. The van der Waals surface area contributed by atoms with E-state index in [1.165, 1.54) is 49.2 Å². The zero-order chi connectivity index (χ0) is 29.7. The molecule has 3 heteroatoms. The van der Waals surface area contributed by atoms with Crippen LogP contribution in [0.15, 0.2) is 176 Å². The van der Waals surface area contributed by atoms with Crippen LogP contribution in [0.3, 0.4) is 0 Å². The van der Waals surface area contributed by atoms with Crippen LogP contribution in [0.1, 0.15) is 0 Å². The Morgan fingerprint density at radius 2 is 1.07 bits per heavy atom. The van der Waals surface area contributed by atoms with Crippen molar-refractivity contribution in [1.82, 2.24) is 9.13 Å². The number of anilines is 3. The van der Waals surface area contributed by atoms with Crippen LogP contribution in [0.2, 0.25) is 0 Å². The first-order valence-corrected chi connectivity index (χ1v) is 15.4. The molecule has 212 valence electrons. The van der Waals surface area contributed by atoms with Gasteiger partial charge in [0.05, 0.1) is 16.6 Å². The highest BCUT2D eigenvalue weighted by Gasteiger charge is 2.18. The summed E-state index contributed by atoms with van der Waals surface area (Å²) in [4.78, 5) is 2.34. The first-order valence-electron chi connectivity index (χ1n) is 15.4. The SMILES string of the molecule is c1ccc(N(c2cccc(-n3ccc4c3ccc3c5ccccc5n(-c5ccccc5)c34)c2)c2ccc3ccccc3c2)cc1. The maximum Gasteiger partial charge on any atom is 0.0635 e. The smallest absolute Gasteiger partial charge is 0.0635 e. The van der Waals surface area contributed by atoms with Crippen molar-refractivity contribution in [3.8, 4) is 11.4 Å². The molecule has 0 amide bonds. The van der Waals surface area contributed by atoms with Gasteiger partial charge in [-0.25, -0.2) is 0 Å². The van der Waals surface area contributed by atoms with E-state index in [1.54, 1.807) is 0 Å². The van der Waals surface area contributed by atoms with Crippen molar-refractivity contribution in [1.29, 1.82) is 0 Å². The molecule has 0 aliphatic carbocycles. The molecule has 0 fully saturated rings. The second kappa shape index (κ2) is 10.3. The maximum absolute atomic E-state index is 2.41. The standard InChI is InChI=1S/C42H29N3/c1-3-14-32(15-4-1)44(36-23-22-30-12-7-8-13-31(30)28-36)35-19-11-18-34(29-35)43-27-26-39-40(43)25-24-38-37-20-9-10-21-41(37)45(42(38)39)33-16-5-2-6-17-33/h1-29H. The second-order valence-corrected chi connectivity index (χ2v) is 11.5. The number of aromatic nitrogens is 2. The fraction of sp³-hybridized carbons (Fsp3) is 0. The normalized spacial score (nSPS) is 11.6. The van der Waals surface area contributed by atoms with Gasteiger partial charge in [-0.3, -0.25) is 0 Å². The van der Waals surface area contributed by atoms with Crippen LogP contribution in [-0.2, 0) is 0 Å². The predicted molar refractivity (Wildman–Crippen MR) is 190 cm³/mol. The molecule has 0 N–H and O–H groups in total.